The molecule has 2 aromatic carbocycles. The molecule has 2 aromatic rings. The molecule has 0 spiro atoms. The lowest BCUT2D eigenvalue weighted by atomic mass is 10.1. The monoisotopic (exact) mass is 282 g/mol. The number of nitriles is 1. The van der Waals surface area contributed by atoms with Crippen LogP contribution >= 0.6 is 0 Å². The third kappa shape index (κ3) is 3.31. The highest BCUT2D eigenvalue weighted by Gasteiger charge is 2.08. The smallest absolute Gasteiger partial charge is 0.335 e. The molecule has 5 nitrogen and oxygen atoms in total. The second kappa shape index (κ2) is 5.97. The number of nitrogen functional groups attached to an aromatic ring is 1. The molecule has 0 heterocycles. The van der Waals surface area contributed by atoms with Crippen molar-refractivity contribution in [2.75, 3.05) is 5.73 Å². The number of rotatable bonds is 4. The van der Waals surface area contributed by atoms with Gasteiger partial charge in [-0.05, 0) is 48.4 Å². The first-order valence-electron chi connectivity index (χ1n) is 6.26. The van der Waals surface area contributed by atoms with E-state index >= 15 is 0 Å². The van der Waals surface area contributed by atoms with Crippen molar-refractivity contribution in [2.24, 2.45) is 0 Å². The molecule has 0 bridgehead atoms. The molecule has 0 aliphatic heterocycles. The summed E-state index contributed by atoms with van der Waals surface area (Å²) in [4.78, 5) is 10.8. The molecule has 2 rings (SSSR count). The van der Waals surface area contributed by atoms with Gasteiger partial charge in [0.25, 0.3) is 0 Å². The Bertz CT molecular complexity index is 733. The number of carboxylic acid groups (broad SMARTS) is 1. The van der Waals surface area contributed by atoms with Crippen molar-refractivity contribution in [2.45, 2.75) is 13.5 Å². The molecule has 0 saturated carbocycles. The number of benzene rings is 2. The number of ether oxygens (including phenoxy) is 1. The van der Waals surface area contributed by atoms with E-state index in [4.69, 9.17) is 20.8 Å². The summed E-state index contributed by atoms with van der Waals surface area (Å²) in [6.07, 6.45) is 0. The summed E-state index contributed by atoms with van der Waals surface area (Å²) in [5.41, 5.74) is 8.67. The number of carbonyl (C=O) groups is 1. The molecule has 0 aromatic heterocycles. The second-order valence-corrected chi connectivity index (χ2v) is 4.60. The van der Waals surface area contributed by atoms with Crippen LogP contribution in [0.4, 0.5) is 5.69 Å². The largest absolute Gasteiger partial charge is 0.487 e. The first kappa shape index (κ1) is 14.4. The zero-order chi connectivity index (χ0) is 15.4. The quantitative estimate of drug-likeness (QED) is 0.840. The summed E-state index contributed by atoms with van der Waals surface area (Å²) >= 11 is 0. The van der Waals surface area contributed by atoms with Crippen molar-refractivity contribution in [3.8, 4) is 11.8 Å². The Balaban J connectivity index is 2.13. The minimum absolute atomic E-state index is 0.120. The van der Waals surface area contributed by atoms with E-state index in [9.17, 15) is 4.79 Å². The van der Waals surface area contributed by atoms with Gasteiger partial charge in [-0.1, -0.05) is 6.07 Å². The fourth-order valence-corrected chi connectivity index (χ4v) is 1.90. The van der Waals surface area contributed by atoms with Crippen LogP contribution in [-0.4, -0.2) is 11.1 Å². The van der Waals surface area contributed by atoms with Gasteiger partial charge in [0.1, 0.15) is 12.4 Å². The van der Waals surface area contributed by atoms with Gasteiger partial charge in [-0.3, -0.25) is 0 Å². The molecular weight excluding hydrogens is 268 g/mol. The Morgan fingerprint density at radius 3 is 2.67 bits per heavy atom. The van der Waals surface area contributed by atoms with Gasteiger partial charge in [0.15, 0.2) is 0 Å². The molecule has 106 valence electrons. The minimum atomic E-state index is -1.03. The Labute approximate surface area is 122 Å². The van der Waals surface area contributed by atoms with Crippen molar-refractivity contribution in [3.63, 3.8) is 0 Å². The van der Waals surface area contributed by atoms with Crippen molar-refractivity contribution in [1.29, 1.82) is 5.26 Å². The maximum atomic E-state index is 10.8. The van der Waals surface area contributed by atoms with Crippen LogP contribution in [0.15, 0.2) is 36.4 Å². The number of anilines is 1. The average Bonchev–Trinajstić information content (AvgIpc) is 2.46. The number of hydrogen-bond acceptors (Lipinski definition) is 4. The van der Waals surface area contributed by atoms with Gasteiger partial charge in [-0.15, -0.1) is 0 Å². The van der Waals surface area contributed by atoms with Gasteiger partial charge in [0, 0.05) is 0 Å². The Hall–Kier alpha value is -3.00. The van der Waals surface area contributed by atoms with Crippen LogP contribution < -0.4 is 10.5 Å². The minimum Gasteiger partial charge on any atom is -0.487 e. The van der Waals surface area contributed by atoms with E-state index in [1.807, 2.05) is 13.0 Å². The van der Waals surface area contributed by atoms with E-state index in [0.717, 1.165) is 11.1 Å². The Kier molecular flexibility index (Phi) is 4.10. The Morgan fingerprint density at radius 1 is 1.33 bits per heavy atom. The topological polar surface area (TPSA) is 96.3 Å². The summed E-state index contributed by atoms with van der Waals surface area (Å²) in [5, 5.41) is 17.7. The maximum absolute atomic E-state index is 10.8. The normalized spacial score (nSPS) is 9.90. The van der Waals surface area contributed by atoms with Gasteiger partial charge < -0.3 is 15.6 Å². The lowest BCUT2D eigenvalue weighted by Gasteiger charge is -2.11. The van der Waals surface area contributed by atoms with Gasteiger partial charge in [0.2, 0.25) is 0 Å². The highest BCUT2D eigenvalue weighted by Crippen LogP contribution is 2.24. The molecular formula is C16H14N2O3. The summed E-state index contributed by atoms with van der Waals surface area (Å²) in [6, 6.07) is 11.8. The van der Waals surface area contributed by atoms with E-state index in [1.54, 1.807) is 12.1 Å². The van der Waals surface area contributed by atoms with Crippen LogP contribution in [0, 0.1) is 18.3 Å². The number of nitrogens with two attached hydrogens (primary N) is 1. The van der Waals surface area contributed by atoms with E-state index in [1.165, 1.54) is 18.2 Å². The van der Waals surface area contributed by atoms with Crippen LogP contribution in [0.2, 0.25) is 0 Å². The predicted octanol–water partition coefficient (Wildman–Crippen LogP) is 2.73. The lowest BCUT2D eigenvalue weighted by molar-refractivity contribution is 0.0697. The van der Waals surface area contributed by atoms with Gasteiger partial charge in [0.05, 0.1) is 22.9 Å². The third-order valence-corrected chi connectivity index (χ3v) is 3.11. The van der Waals surface area contributed by atoms with Crippen molar-refractivity contribution in [1.82, 2.24) is 0 Å². The molecule has 0 amide bonds. The predicted molar refractivity (Wildman–Crippen MR) is 78.0 cm³/mol. The highest BCUT2D eigenvalue weighted by atomic mass is 16.5. The van der Waals surface area contributed by atoms with E-state index in [-0.39, 0.29) is 11.3 Å². The Morgan fingerprint density at radius 2 is 2.10 bits per heavy atom. The van der Waals surface area contributed by atoms with Crippen LogP contribution in [0.25, 0.3) is 0 Å². The zero-order valence-corrected chi connectivity index (χ0v) is 11.5. The first-order chi connectivity index (χ1) is 10.0. The van der Waals surface area contributed by atoms with Gasteiger partial charge >= 0.3 is 5.97 Å². The second-order valence-electron chi connectivity index (χ2n) is 4.60. The van der Waals surface area contributed by atoms with Gasteiger partial charge in [-0.2, -0.15) is 5.26 Å². The van der Waals surface area contributed by atoms with Gasteiger partial charge in [-0.25, -0.2) is 4.79 Å². The molecule has 21 heavy (non-hydrogen) atoms. The van der Waals surface area contributed by atoms with Crippen molar-refractivity contribution >= 4 is 11.7 Å². The first-order valence-corrected chi connectivity index (χ1v) is 6.26. The third-order valence-electron chi connectivity index (χ3n) is 3.11. The molecule has 0 atom stereocenters. The van der Waals surface area contributed by atoms with Crippen LogP contribution in [0.5, 0.6) is 5.75 Å². The number of aromatic carboxylic acids is 1. The summed E-state index contributed by atoms with van der Waals surface area (Å²) in [7, 11) is 0. The summed E-state index contributed by atoms with van der Waals surface area (Å²) < 4.78 is 5.61. The number of carboxylic acids is 1. The SMILES string of the molecule is Cc1cc(C#N)ccc1COc1ccc(C(=O)O)cc1N. The van der Waals surface area contributed by atoms with Crippen molar-refractivity contribution < 1.29 is 14.6 Å². The highest BCUT2D eigenvalue weighted by molar-refractivity contribution is 5.89. The molecule has 0 aliphatic carbocycles. The summed E-state index contributed by atoms with van der Waals surface area (Å²) in [5.74, 6) is -0.597. The number of aryl methyl sites for hydroxylation is 1. The van der Waals surface area contributed by atoms with Crippen LogP contribution in [0.3, 0.4) is 0 Å². The standard InChI is InChI=1S/C16H14N2O3/c1-10-6-11(8-17)2-3-13(10)9-21-15-5-4-12(16(19)20)7-14(15)18/h2-7H,9,18H2,1H3,(H,19,20). The van der Waals surface area contributed by atoms with Crippen LogP contribution in [-0.2, 0) is 6.61 Å². The maximum Gasteiger partial charge on any atom is 0.335 e. The number of hydrogen-bond donors (Lipinski definition) is 2. The van der Waals surface area contributed by atoms with E-state index in [2.05, 4.69) is 6.07 Å². The lowest BCUT2D eigenvalue weighted by Crippen LogP contribution is -2.03. The molecule has 0 saturated heterocycles. The molecule has 0 fully saturated rings. The number of nitrogens with zero attached hydrogens (tertiary/aromatic N) is 1. The molecule has 0 radical (unpaired) electrons. The molecule has 0 unspecified atom stereocenters. The van der Waals surface area contributed by atoms with E-state index in [0.29, 0.717) is 17.9 Å². The molecule has 0 aliphatic rings. The van der Waals surface area contributed by atoms with Crippen molar-refractivity contribution in [3.05, 3.63) is 58.7 Å². The van der Waals surface area contributed by atoms with E-state index < -0.39 is 5.97 Å². The molecule has 5 heteroatoms. The summed E-state index contributed by atoms with van der Waals surface area (Å²) in [6.45, 7) is 2.20. The average molecular weight is 282 g/mol. The fraction of sp³-hybridized carbons (Fsp3) is 0.125. The molecule has 3 N–H and O–H groups in total. The fourth-order valence-electron chi connectivity index (χ4n) is 1.90. The zero-order valence-electron chi connectivity index (χ0n) is 11.5. The van der Waals surface area contributed by atoms with Crippen LogP contribution in [0.1, 0.15) is 27.0 Å².